The van der Waals surface area contributed by atoms with E-state index in [0.717, 1.165) is 5.75 Å². The van der Waals surface area contributed by atoms with Gasteiger partial charge in [0, 0.05) is 0 Å². The maximum Gasteiger partial charge on any atom is 0.337 e. The van der Waals surface area contributed by atoms with Crippen molar-refractivity contribution in [3.05, 3.63) is 59.7 Å². The average molecular weight is 324 g/mol. The number of methoxy groups -OCH3 is 1. The molecule has 0 amide bonds. The van der Waals surface area contributed by atoms with Gasteiger partial charge in [0.15, 0.2) is 0 Å². The smallest absolute Gasteiger partial charge is 0.337 e. The van der Waals surface area contributed by atoms with Crippen LogP contribution in [0, 0.1) is 0 Å². The summed E-state index contributed by atoms with van der Waals surface area (Å²) in [6.07, 6.45) is 8.04. The number of hydrogen-bond donors (Lipinski definition) is 0. The quantitative estimate of drug-likeness (QED) is 0.534. The summed E-state index contributed by atoms with van der Waals surface area (Å²) in [5.41, 5.74) is 1.94. The highest BCUT2D eigenvalue weighted by Gasteiger charge is 2.14. The molecule has 0 unspecified atom stereocenters. The molecule has 2 aromatic carbocycles. The summed E-state index contributed by atoms with van der Waals surface area (Å²) in [7, 11) is 1.38. The summed E-state index contributed by atoms with van der Waals surface area (Å²) >= 11 is 0. The van der Waals surface area contributed by atoms with Crippen molar-refractivity contribution >= 4 is 5.97 Å². The fraction of sp³-hybridized carbons (Fsp3) is 0.381. The molecule has 0 heterocycles. The molecule has 0 aliphatic heterocycles. The summed E-state index contributed by atoms with van der Waals surface area (Å²) in [5, 5.41) is 0. The zero-order chi connectivity index (χ0) is 16.8. The van der Waals surface area contributed by atoms with Gasteiger partial charge in [-0.15, -0.1) is 0 Å². The lowest BCUT2D eigenvalue weighted by Gasteiger charge is -2.15. The van der Waals surface area contributed by atoms with Gasteiger partial charge in [-0.2, -0.15) is 0 Å². The third-order valence-electron chi connectivity index (χ3n) is 4.72. The molecule has 1 aliphatic rings. The van der Waals surface area contributed by atoms with Gasteiger partial charge in [0.25, 0.3) is 0 Å². The maximum absolute atomic E-state index is 11.4. The van der Waals surface area contributed by atoms with Crippen molar-refractivity contribution in [1.82, 2.24) is 0 Å². The minimum atomic E-state index is -0.339. The van der Waals surface area contributed by atoms with E-state index in [1.54, 1.807) is 24.3 Å². The molecule has 3 rings (SSSR count). The lowest BCUT2D eigenvalue weighted by Crippen LogP contribution is -2.00. The van der Waals surface area contributed by atoms with Crippen LogP contribution in [0.3, 0.4) is 0 Å². The summed E-state index contributed by atoms with van der Waals surface area (Å²) in [6, 6.07) is 15.4. The Morgan fingerprint density at radius 1 is 0.833 bits per heavy atom. The molecule has 0 spiro atoms. The second kappa shape index (κ2) is 8.00. The van der Waals surface area contributed by atoms with Gasteiger partial charge in [-0.25, -0.2) is 4.79 Å². The van der Waals surface area contributed by atoms with Crippen LogP contribution in [0.4, 0.5) is 0 Å². The van der Waals surface area contributed by atoms with Gasteiger partial charge < -0.3 is 9.47 Å². The molecule has 0 saturated heterocycles. The van der Waals surface area contributed by atoms with Crippen LogP contribution in [0.1, 0.15) is 60.4 Å². The third kappa shape index (κ3) is 4.16. The summed E-state index contributed by atoms with van der Waals surface area (Å²) in [5.74, 6) is 1.89. The summed E-state index contributed by atoms with van der Waals surface area (Å²) in [4.78, 5) is 11.4. The van der Waals surface area contributed by atoms with E-state index in [4.69, 9.17) is 9.47 Å². The van der Waals surface area contributed by atoms with E-state index in [-0.39, 0.29) is 5.97 Å². The Balaban J connectivity index is 1.64. The minimum Gasteiger partial charge on any atom is -0.465 e. The Bertz CT molecular complexity index is 650. The van der Waals surface area contributed by atoms with Crippen LogP contribution >= 0.6 is 0 Å². The number of benzene rings is 2. The van der Waals surface area contributed by atoms with Crippen molar-refractivity contribution < 1.29 is 14.3 Å². The van der Waals surface area contributed by atoms with Crippen LogP contribution in [-0.2, 0) is 4.74 Å². The van der Waals surface area contributed by atoms with E-state index in [0.29, 0.717) is 17.2 Å². The van der Waals surface area contributed by atoms with Crippen molar-refractivity contribution in [2.24, 2.45) is 0 Å². The molecule has 1 saturated carbocycles. The Morgan fingerprint density at radius 2 is 1.38 bits per heavy atom. The third-order valence-corrected chi connectivity index (χ3v) is 4.72. The molecule has 0 N–H and O–H groups in total. The molecule has 2 aromatic rings. The highest BCUT2D eigenvalue weighted by Crippen LogP contribution is 2.33. The fourth-order valence-electron chi connectivity index (χ4n) is 3.33. The van der Waals surface area contributed by atoms with E-state index in [9.17, 15) is 4.79 Å². The molecule has 3 nitrogen and oxygen atoms in total. The molecule has 1 fully saturated rings. The predicted octanol–water partition coefficient (Wildman–Crippen LogP) is 5.70. The Morgan fingerprint density at radius 3 is 1.92 bits per heavy atom. The standard InChI is InChI=1S/C21H24O3/c1-23-21(22)18-10-14-20(15-11-18)24-19-12-8-17(9-13-19)16-6-4-2-3-5-7-16/h8-16H,2-7H2,1H3. The van der Waals surface area contributed by atoms with Gasteiger partial charge in [-0.1, -0.05) is 37.8 Å². The number of carbonyl (C=O) groups is 1. The minimum absolute atomic E-state index is 0.339. The van der Waals surface area contributed by atoms with Gasteiger partial charge in [0.05, 0.1) is 12.7 Å². The van der Waals surface area contributed by atoms with Gasteiger partial charge in [0.2, 0.25) is 0 Å². The van der Waals surface area contributed by atoms with Crippen LogP contribution in [0.5, 0.6) is 11.5 Å². The zero-order valence-corrected chi connectivity index (χ0v) is 14.2. The molecule has 1 aliphatic carbocycles. The first-order valence-corrected chi connectivity index (χ1v) is 8.72. The lowest BCUT2D eigenvalue weighted by atomic mass is 9.92. The van der Waals surface area contributed by atoms with Crippen molar-refractivity contribution in [2.45, 2.75) is 44.4 Å². The number of hydrogen-bond acceptors (Lipinski definition) is 3. The van der Waals surface area contributed by atoms with Gasteiger partial charge in [0.1, 0.15) is 11.5 Å². The zero-order valence-electron chi connectivity index (χ0n) is 14.2. The lowest BCUT2D eigenvalue weighted by molar-refractivity contribution is 0.0600. The maximum atomic E-state index is 11.4. The SMILES string of the molecule is COC(=O)c1ccc(Oc2ccc(C3CCCCCC3)cc2)cc1. The van der Waals surface area contributed by atoms with E-state index in [1.165, 1.54) is 51.2 Å². The fourth-order valence-corrected chi connectivity index (χ4v) is 3.33. The van der Waals surface area contributed by atoms with Crippen molar-refractivity contribution in [1.29, 1.82) is 0 Å². The average Bonchev–Trinajstić information content (AvgIpc) is 2.92. The van der Waals surface area contributed by atoms with Crippen molar-refractivity contribution in [3.63, 3.8) is 0 Å². The van der Waals surface area contributed by atoms with E-state index in [2.05, 4.69) is 12.1 Å². The summed E-state index contributed by atoms with van der Waals surface area (Å²) in [6.45, 7) is 0. The first-order valence-electron chi connectivity index (χ1n) is 8.72. The molecule has 24 heavy (non-hydrogen) atoms. The Labute approximate surface area is 143 Å². The number of esters is 1. The van der Waals surface area contributed by atoms with Crippen LogP contribution in [0.15, 0.2) is 48.5 Å². The van der Waals surface area contributed by atoms with Crippen LogP contribution in [0.25, 0.3) is 0 Å². The van der Waals surface area contributed by atoms with Crippen LogP contribution in [-0.4, -0.2) is 13.1 Å². The normalized spacial score (nSPS) is 15.5. The topological polar surface area (TPSA) is 35.5 Å². The molecule has 0 radical (unpaired) electrons. The Hall–Kier alpha value is -2.29. The molecule has 0 aromatic heterocycles. The van der Waals surface area contributed by atoms with E-state index < -0.39 is 0 Å². The predicted molar refractivity (Wildman–Crippen MR) is 94.7 cm³/mol. The van der Waals surface area contributed by atoms with Crippen LogP contribution in [0.2, 0.25) is 0 Å². The molecule has 0 bridgehead atoms. The molecule has 126 valence electrons. The molecule has 0 atom stereocenters. The van der Waals surface area contributed by atoms with E-state index >= 15 is 0 Å². The molecular weight excluding hydrogens is 300 g/mol. The number of rotatable bonds is 4. The number of ether oxygens (including phenoxy) is 2. The second-order valence-electron chi connectivity index (χ2n) is 6.38. The van der Waals surface area contributed by atoms with Crippen molar-refractivity contribution in [2.75, 3.05) is 7.11 Å². The van der Waals surface area contributed by atoms with Gasteiger partial charge in [-0.05, 0) is 60.7 Å². The highest BCUT2D eigenvalue weighted by atomic mass is 16.5. The monoisotopic (exact) mass is 324 g/mol. The van der Waals surface area contributed by atoms with Gasteiger partial charge >= 0.3 is 5.97 Å². The highest BCUT2D eigenvalue weighted by molar-refractivity contribution is 5.89. The van der Waals surface area contributed by atoms with Crippen molar-refractivity contribution in [3.8, 4) is 11.5 Å². The van der Waals surface area contributed by atoms with E-state index in [1.807, 2.05) is 12.1 Å². The molecular formula is C21H24O3. The Kier molecular flexibility index (Phi) is 5.52. The van der Waals surface area contributed by atoms with Gasteiger partial charge in [-0.3, -0.25) is 0 Å². The number of carbonyl (C=O) groups excluding carboxylic acids is 1. The first-order chi connectivity index (χ1) is 11.8. The first kappa shape index (κ1) is 16.6. The molecule has 3 heteroatoms. The second-order valence-corrected chi connectivity index (χ2v) is 6.38. The van der Waals surface area contributed by atoms with Crippen LogP contribution < -0.4 is 4.74 Å². The summed E-state index contributed by atoms with van der Waals surface area (Å²) < 4.78 is 10.6. The largest absolute Gasteiger partial charge is 0.465 e.